The van der Waals surface area contributed by atoms with Crippen LogP contribution in [0.4, 0.5) is 0 Å². The van der Waals surface area contributed by atoms with Crippen molar-refractivity contribution < 1.29 is 38.7 Å². The van der Waals surface area contributed by atoms with Crippen LogP contribution >= 0.6 is 0 Å². The number of hydrogen-bond acceptors (Lipinski definition) is 9. The maximum Gasteiger partial charge on any atom is 0.335 e. The van der Waals surface area contributed by atoms with Crippen LogP contribution in [0.2, 0.25) is 0 Å². The van der Waals surface area contributed by atoms with Crippen molar-refractivity contribution in [2.75, 3.05) is 6.61 Å². The van der Waals surface area contributed by atoms with Crippen molar-refractivity contribution in [3.8, 4) is 0 Å². The van der Waals surface area contributed by atoms with E-state index >= 15 is 0 Å². The Hall–Kier alpha value is -1.62. The molecule has 2 unspecified atom stereocenters. The van der Waals surface area contributed by atoms with Crippen LogP contribution in [0, 0.1) is 22.7 Å². The van der Waals surface area contributed by atoms with Crippen LogP contribution in [0.1, 0.15) is 64.1 Å². The fourth-order valence-electron chi connectivity index (χ4n) is 9.64. The molecule has 3 N–H and O–H groups in total. The van der Waals surface area contributed by atoms with Crippen molar-refractivity contribution in [2.45, 2.75) is 93.8 Å². The summed E-state index contributed by atoms with van der Waals surface area (Å²) in [5.74, 6) is -3.07. The predicted octanol–water partition coefficient (Wildman–Crippen LogP) is 1.22. The van der Waals surface area contributed by atoms with E-state index in [-0.39, 0.29) is 12.7 Å². The molecular formula is C26H32O9. The number of ketones is 1. The minimum Gasteiger partial charge on any atom is -0.428 e. The van der Waals surface area contributed by atoms with Gasteiger partial charge >= 0.3 is 5.63 Å². The first-order chi connectivity index (χ1) is 16.5. The first kappa shape index (κ1) is 22.6. The van der Waals surface area contributed by atoms with Crippen LogP contribution in [0.15, 0.2) is 27.4 Å². The third kappa shape index (κ3) is 2.37. The fraction of sp³-hybridized carbons (Fsp3) is 0.769. The molecule has 35 heavy (non-hydrogen) atoms. The van der Waals surface area contributed by atoms with Gasteiger partial charge in [0.1, 0.15) is 11.9 Å². The van der Waals surface area contributed by atoms with Crippen molar-refractivity contribution in [1.82, 2.24) is 0 Å². The molecule has 8 rings (SSSR count). The molecule has 7 fully saturated rings. The summed E-state index contributed by atoms with van der Waals surface area (Å²) in [6.07, 6.45) is 0.999. The Kier molecular flexibility index (Phi) is 4.27. The van der Waals surface area contributed by atoms with Crippen LogP contribution in [0.25, 0.3) is 0 Å². The molecule has 1 aromatic rings. The van der Waals surface area contributed by atoms with E-state index in [2.05, 4.69) is 0 Å². The highest BCUT2D eigenvalue weighted by atomic mass is 16.9. The Morgan fingerprint density at radius 3 is 2.63 bits per heavy atom. The first-order valence-electron chi connectivity index (χ1n) is 12.8. The minimum atomic E-state index is -1.44. The van der Waals surface area contributed by atoms with Crippen LogP contribution in [-0.2, 0) is 19.0 Å². The summed E-state index contributed by atoms with van der Waals surface area (Å²) in [6, 6.07) is 4.56. The standard InChI is InChI=1S/C26H32O9/c1-22-14(16-4-3-5-18(28)32-16)7-9-26(22,31)15-6-8-24-11-13-10-17(34-23(2,33-13)35-24)25(24,12-27)19(15)20(29)21(22)30/h3-5,13-15,17,19-20,27,29,31H,6-12H2,1-2H3/t13-,14+,15+,17+,19?,20-,22-,23?,24-,25+,26-/m0/s1. The zero-order valence-electron chi connectivity index (χ0n) is 19.9. The molecule has 0 radical (unpaired) electrons. The molecular weight excluding hydrogens is 456 g/mol. The SMILES string of the molecule is CC12O[C@H]3C[C@@H](O1)[C@]1(CO)C4[C@H](O)C(=O)[C@]5(C)[C@@H](c6cccc(=O)o6)CC[C@]5(O)[C@@H]4CC[C@@]1(C3)O2. The molecule has 9 heteroatoms. The number of aliphatic hydroxyl groups is 3. The van der Waals surface area contributed by atoms with E-state index in [0.717, 1.165) is 0 Å². The van der Waals surface area contributed by atoms with Gasteiger partial charge in [0.05, 0.1) is 40.8 Å². The molecule has 4 bridgehead atoms. The molecule has 1 spiro atoms. The highest BCUT2D eigenvalue weighted by molar-refractivity contribution is 5.93. The van der Waals surface area contributed by atoms with E-state index in [1.165, 1.54) is 6.07 Å². The Morgan fingerprint density at radius 2 is 1.91 bits per heavy atom. The van der Waals surface area contributed by atoms with Crippen molar-refractivity contribution in [3.63, 3.8) is 0 Å². The van der Waals surface area contributed by atoms with E-state index < -0.39 is 69.4 Å². The smallest absolute Gasteiger partial charge is 0.335 e. The third-order valence-electron chi connectivity index (χ3n) is 10.9. The quantitative estimate of drug-likeness (QED) is 0.561. The van der Waals surface area contributed by atoms with Crippen molar-refractivity contribution in [1.29, 1.82) is 0 Å². The monoisotopic (exact) mass is 488 g/mol. The lowest BCUT2D eigenvalue weighted by molar-refractivity contribution is -0.553. The number of Topliss-reactive ketones (excluding diaryl/α,β-unsaturated/α-hetero) is 1. The number of carbonyl (C=O) groups excluding carboxylic acids is 1. The Morgan fingerprint density at radius 1 is 1.11 bits per heavy atom. The fourth-order valence-corrected chi connectivity index (χ4v) is 9.64. The second kappa shape index (κ2) is 6.62. The van der Waals surface area contributed by atoms with Gasteiger partial charge in [-0.1, -0.05) is 6.07 Å². The molecule has 0 aromatic carbocycles. The predicted molar refractivity (Wildman–Crippen MR) is 118 cm³/mol. The van der Waals surface area contributed by atoms with Crippen LogP contribution in [-0.4, -0.2) is 63.2 Å². The Balaban J connectivity index is 1.37. The van der Waals surface area contributed by atoms with Gasteiger partial charge in [0, 0.05) is 37.7 Å². The van der Waals surface area contributed by atoms with Crippen LogP contribution in [0.3, 0.4) is 0 Å². The molecule has 190 valence electrons. The third-order valence-corrected chi connectivity index (χ3v) is 10.9. The molecule has 4 aliphatic carbocycles. The number of fused-ring (bicyclic) bond motifs is 3. The van der Waals surface area contributed by atoms with Gasteiger partial charge in [-0.05, 0) is 44.6 Å². The lowest BCUT2D eigenvalue weighted by atomic mass is 9.39. The van der Waals surface area contributed by atoms with Gasteiger partial charge in [-0.2, -0.15) is 0 Å². The average Bonchev–Trinajstić information content (AvgIpc) is 3.08. The summed E-state index contributed by atoms with van der Waals surface area (Å²) in [4.78, 5) is 26.1. The van der Waals surface area contributed by atoms with E-state index in [4.69, 9.17) is 18.6 Å². The summed E-state index contributed by atoms with van der Waals surface area (Å²) in [5.41, 5.74) is -5.14. The second-order valence-electron chi connectivity index (χ2n) is 12.0. The molecule has 4 saturated carbocycles. The van der Waals surface area contributed by atoms with E-state index in [9.17, 15) is 24.9 Å². The Bertz CT molecular complexity index is 1170. The lowest BCUT2D eigenvalue weighted by Crippen LogP contribution is -2.83. The van der Waals surface area contributed by atoms with E-state index in [1.807, 2.05) is 0 Å². The van der Waals surface area contributed by atoms with Gasteiger partial charge in [-0.15, -0.1) is 0 Å². The number of carbonyl (C=O) groups is 1. The molecule has 3 saturated heterocycles. The van der Waals surface area contributed by atoms with Gasteiger partial charge in [0.2, 0.25) is 0 Å². The number of aliphatic hydroxyl groups excluding tert-OH is 2. The largest absolute Gasteiger partial charge is 0.428 e. The molecule has 3 aliphatic heterocycles. The molecule has 7 aliphatic rings. The normalized spacial score (nSPS) is 56.0. The Labute approximate surface area is 202 Å². The first-order valence-corrected chi connectivity index (χ1v) is 12.8. The highest BCUT2D eigenvalue weighted by Gasteiger charge is 2.82. The van der Waals surface area contributed by atoms with Gasteiger partial charge in [0.25, 0.3) is 5.97 Å². The van der Waals surface area contributed by atoms with E-state index in [1.54, 1.807) is 26.0 Å². The number of rotatable bonds is 2. The summed E-state index contributed by atoms with van der Waals surface area (Å²) in [7, 11) is 0. The number of ether oxygens (including phenoxy) is 3. The van der Waals surface area contributed by atoms with Crippen molar-refractivity contribution in [3.05, 3.63) is 34.4 Å². The van der Waals surface area contributed by atoms with Gasteiger partial charge < -0.3 is 33.9 Å². The zero-order chi connectivity index (χ0) is 24.6. The summed E-state index contributed by atoms with van der Waals surface area (Å²) < 4.78 is 24.1. The molecule has 11 atom stereocenters. The highest BCUT2D eigenvalue weighted by Crippen LogP contribution is 2.73. The minimum absolute atomic E-state index is 0.0784. The van der Waals surface area contributed by atoms with E-state index in [0.29, 0.717) is 44.3 Å². The van der Waals surface area contributed by atoms with Gasteiger partial charge in [-0.3, -0.25) is 4.79 Å². The molecule has 0 amide bonds. The van der Waals surface area contributed by atoms with Crippen LogP contribution < -0.4 is 5.63 Å². The molecule has 1 aromatic heterocycles. The maximum atomic E-state index is 14.1. The summed E-state index contributed by atoms with van der Waals surface area (Å²) in [5, 5.41) is 35.1. The summed E-state index contributed by atoms with van der Waals surface area (Å²) in [6.45, 7) is 3.12. The van der Waals surface area contributed by atoms with Crippen LogP contribution in [0.5, 0.6) is 0 Å². The lowest BCUT2D eigenvalue weighted by Gasteiger charge is -2.74. The topological polar surface area (TPSA) is 136 Å². The average molecular weight is 489 g/mol. The van der Waals surface area contributed by atoms with Gasteiger partial charge in [0.15, 0.2) is 5.78 Å². The second-order valence-corrected chi connectivity index (χ2v) is 12.0. The molecule has 4 heterocycles. The van der Waals surface area contributed by atoms with Crippen molar-refractivity contribution >= 4 is 5.78 Å². The van der Waals surface area contributed by atoms with Crippen molar-refractivity contribution in [2.24, 2.45) is 22.7 Å². The van der Waals surface area contributed by atoms with Gasteiger partial charge in [-0.25, -0.2) is 4.79 Å². The maximum absolute atomic E-state index is 14.1. The molecule has 9 nitrogen and oxygen atoms in total. The summed E-state index contributed by atoms with van der Waals surface area (Å²) >= 11 is 0. The number of hydrogen-bond donors (Lipinski definition) is 3. The zero-order valence-corrected chi connectivity index (χ0v) is 19.9.